The summed E-state index contributed by atoms with van der Waals surface area (Å²) in [4.78, 5) is 4.28. The van der Waals surface area contributed by atoms with Gasteiger partial charge in [-0.05, 0) is 36.4 Å². The highest BCUT2D eigenvalue weighted by molar-refractivity contribution is 5.91. The van der Waals surface area contributed by atoms with Crippen LogP contribution in [0.5, 0.6) is 5.75 Å². The van der Waals surface area contributed by atoms with Crippen molar-refractivity contribution in [3.05, 3.63) is 48.2 Å². The lowest BCUT2D eigenvalue weighted by Gasteiger charge is -2.07. The Kier molecular flexibility index (Phi) is 2.36. The smallest absolute Gasteiger partial charge is 0.147 e. The number of phenolic OH excluding ortho intramolecular Hbond substituents is 1. The molecule has 0 radical (unpaired) electrons. The van der Waals surface area contributed by atoms with Crippen LogP contribution in [0.15, 0.2) is 42.6 Å². The maximum absolute atomic E-state index is 9.33. The number of anilines is 1. The summed E-state index contributed by atoms with van der Waals surface area (Å²) in [5.41, 5.74) is 7.83. The van der Waals surface area contributed by atoms with E-state index >= 15 is 0 Å². The Morgan fingerprint density at radius 2 is 1.95 bits per heavy atom. The molecule has 5 nitrogen and oxygen atoms in total. The highest BCUT2D eigenvalue weighted by Gasteiger charge is 2.16. The van der Waals surface area contributed by atoms with Gasteiger partial charge in [-0.15, -0.1) is 0 Å². The first-order valence-electron chi connectivity index (χ1n) is 5.67. The van der Waals surface area contributed by atoms with Crippen molar-refractivity contribution in [1.82, 2.24) is 9.55 Å². The van der Waals surface area contributed by atoms with E-state index in [4.69, 9.17) is 5.73 Å². The molecule has 0 saturated carbocycles. The summed E-state index contributed by atoms with van der Waals surface area (Å²) in [6, 6.07) is 12.3. The number of nitrogens with zero attached hydrogens (tertiary/aromatic N) is 3. The van der Waals surface area contributed by atoms with Crippen molar-refractivity contribution < 1.29 is 5.11 Å². The Balaban J connectivity index is 2.38. The summed E-state index contributed by atoms with van der Waals surface area (Å²) >= 11 is 0. The van der Waals surface area contributed by atoms with E-state index in [-0.39, 0.29) is 5.75 Å². The van der Waals surface area contributed by atoms with Crippen LogP contribution >= 0.6 is 0 Å². The molecule has 3 rings (SSSR count). The van der Waals surface area contributed by atoms with Crippen LogP contribution in [0.4, 0.5) is 5.82 Å². The number of aromatic nitrogens is 2. The van der Waals surface area contributed by atoms with Crippen LogP contribution in [0, 0.1) is 11.3 Å². The summed E-state index contributed by atoms with van der Waals surface area (Å²) < 4.78 is 1.70. The fourth-order valence-corrected chi connectivity index (χ4v) is 2.11. The molecule has 0 unspecified atom stereocenters. The topological polar surface area (TPSA) is 87.9 Å². The average molecular weight is 250 g/mol. The maximum Gasteiger partial charge on any atom is 0.147 e. The molecular weight excluding hydrogens is 240 g/mol. The van der Waals surface area contributed by atoms with Crippen LogP contribution in [-0.2, 0) is 0 Å². The number of nitrogens with two attached hydrogens (primary N) is 1. The number of nitriles is 1. The van der Waals surface area contributed by atoms with E-state index in [0.29, 0.717) is 17.0 Å². The van der Waals surface area contributed by atoms with E-state index in [1.807, 2.05) is 6.07 Å². The van der Waals surface area contributed by atoms with E-state index in [1.54, 1.807) is 41.1 Å². The minimum Gasteiger partial charge on any atom is -0.508 e. The molecule has 2 heterocycles. The summed E-state index contributed by atoms with van der Waals surface area (Å²) in [7, 11) is 0. The normalized spacial score (nSPS) is 10.5. The van der Waals surface area contributed by atoms with Crippen molar-refractivity contribution in [1.29, 1.82) is 5.26 Å². The molecule has 0 bridgehead atoms. The lowest BCUT2D eigenvalue weighted by molar-refractivity contribution is 0.475. The zero-order chi connectivity index (χ0) is 13.4. The Bertz CT molecular complexity index is 797. The van der Waals surface area contributed by atoms with Crippen molar-refractivity contribution in [3.8, 4) is 17.5 Å². The predicted octanol–water partition coefficient (Wildman–Crippen LogP) is 2.18. The van der Waals surface area contributed by atoms with Gasteiger partial charge in [-0.25, -0.2) is 4.98 Å². The van der Waals surface area contributed by atoms with Crippen LogP contribution in [0.2, 0.25) is 0 Å². The summed E-state index contributed by atoms with van der Waals surface area (Å²) in [5, 5.41) is 19.3. The van der Waals surface area contributed by atoms with Gasteiger partial charge in [0.15, 0.2) is 0 Å². The minimum absolute atomic E-state index is 0.173. The first kappa shape index (κ1) is 11.1. The summed E-state index contributed by atoms with van der Waals surface area (Å²) in [5.74, 6) is 0.522. The number of hydrogen-bond acceptors (Lipinski definition) is 4. The highest BCUT2D eigenvalue weighted by atomic mass is 16.3. The van der Waals surface area contributed by atoms with Crippen molar-refractivity contribution in [2.24, 2.45) is 0 Å². The van der Waals surface area contributed by atoms with E-state index < -0.39 is 0 Å². The van der Waals surface area contributed by atoms with Crippen LogP contribution < -0.4 is 5.73 Å². The molecule has 0 saturated heterocycles. The lowest BCUT2D eigenvalue weighted by atomic mass is 10.2. The van der Waals surface area contributed by atoms with E-state index in [9.17, 15) is 10.4 Å². The van der Waals surface area contributed by atoms with E-state index in [2.05, 4.69) is 11.1 Å². The molecule has 0 aliphatic rings. The summed E-state index contributed by atoms with van der Waals surface area (Å²) in [6.07, 6.45) is 1.65. The summed E-state index contributed by atoms with van der Waals surface area (Å²) in [6.45, 7) is 0. The molecule has 0 aliphatic carbocycles. The molecule has 2 aromatic heterocycles. The van der Waals surface area contributed by atoms with Gasteiger partial charge in [0.2, 0.25) is 0 Å². The number of pyridine rings is 1. The van der Waals surface area contributed by atoms with Gasteiger partial charge in [0, 0.05) is 17.3 Å². The van der Waals surface area contributed by atoms with Gasteiger partial charge in [-0.3, -0.25) is 4.57 Å². The largest absolute Gasteiger partial charge is 0.508 e. The van der Waals surface area contributed by atoms with E-state index in [1.165, 1.54) is 0 Å². The average Bonchev–Trinajstić information content (AvgIpc) is 2.71. The zero-order valence-electron chi connectivity index (χ0n) is 9.91. The second kappa shape index (κ2) is 4.03. The molecule has 0 aliphatic heterocycles. The lowest BCUT2D eigenvalue weighted by Crippen LogP contribution is -2.01. The number of benzene rings is 1. The number of rotatable bonds is 1. The molecule has 0 amide bonds. The van der Waals surface area contributed by atoms with Gasteiger partial charge in [0.05, 0.1) is 0 Å². The molecule has 0 atom stereocenters. The van der Waals surface area contributed by atoms with Crippen LogP contribution in [-0.4, -0.2) is 14.7 Å². The van der Waals surface area contributed by atoms with Crippen LogP contribution in [0.3, 0.4) is 0 Å². The van der Waals surface area contributed by atoms with Gasteiger partial charge in [-0.1, -0.05) is 0 Å². The number of phenols is 1. The molecule has 3 aromatic rings. The Hall–Kier alpha value is -3.00. The maximum atomic E-state index is 9.33. The molecule has 3 N–H and O–H groups in total. The third-order valence-electron chi connectivity index (χ3n) is 2.98. The Labute approximate surface area is 109 Å². The SMILES string of the molecule is N#Cc1c(N)n(-c2ccc(O)cc2)c2ncccc12. The van der Waals surface area contributed by atoms with Gasteiger partial charge in [0.25, 0.3) is 0 Å². The predicted molar refractivity (Wildman–Crippen MR) is 71.9 cm³/mol. The number of fused-ring (bicyclic) bond motifs is 1. The van der Waals surface area contributed by atoms with Crippen LogP contribution in [0.1, 0.15) is 5.56 Å². The number of aromatic hydroxyl groups is 1. The zero-order valence-corrected chi connectivity index (χ0v) is 9.91. The van der Waals surface area contributed by atoms with Gasteiger partial charge >= 0.3 is 0 Å². The third-order valence-corrected chi connectivity index (χ3v) is 2.98. The monoisotopic (exact) mass is 250 g/mol. The van der Waals surface area contributed by atoms with Crippen molar-refractivity contribution in [2.45, 2.75) is 0 Å². The molecule has 1 aromatic carbocycles. The fourth-order valence-electron chi connectivity index (χ4n) is 2.11. The molecule has 19 heavy (non-hydrogen) atoms. The second-order valence-corrected chi connectivity index (χ2v) is 4.10. The fraction of sp³-hybridized carbons (Fsp3) is 0. The van der Waals surface area contributed by atoms with Crippen molar-refractivity contribution >= 4 is 16.9 Å². The quantitative estimate of drug-likeness (QED) is 0.692. The van der Waals surface area contributed by atoms with Crippen LogP contribution in [0.25, 0.3) is 16.7 Å². The Morgan fingerprint density at radius 1 is 1.21 bits per heavy atom. The first-order chi connectivity index (χ1) is 9.22. The highest BCUT2D eigenvalue weighted by Crippen LogP contribution is 2.29. The molecule has 92 valence electrons. The van der Waals surface area contributed by atoms with Gasteiger partial charge < -0.3 is 10.8 Å². The van der Waals surface area contributed by atoms with Crippen molar-refractivity contribution in [2.75, 3.05) is 5.73 Å². The number of hydrogen-bond donors (Lipinski definition) is 2. The molecule has 0 spiro atoms. The first-order valence-corrected chi connectivity index (χ1v) is 5.67. The minimum atomic E-state index is 0.173. The van der Waals surface area contributed by atoms with Crippen molar-refractivity contribution in [3.63, 3.8) is 0 Å². The Morgan fingerprint density at radius 3 is 2.63 bits per heavy atom. The standard InChI is InChI=1S/C14H10N4O/c15-8-12-11-2-1-7-17-14(11)18(13(12)16)9-3-5-10(19)6-4-9/h1-7,19H,16H2. The second-order valence-electron chi connectivity index (χ2n) is 4.10. The van der Waals surface area contributed by atoms with E-state index in [0.717, 1.165) is 11.1 Å². The molecular formula is C14H10N4O. The molecule has 0 fully saturated rings. The van der Waals surface area contributed by atoms with Gasteiger partial charge in [-0.2, -0.15) is 5.26 Å². The number of nitrogen functional groups attached to an aromatic ring is 1. The van der Waals surface area contributed by atoms with Gasteiger partial charge in [0.1, 0.15) is 28.8 Å². The third kappa shape index (κ3) is 1.58. The molecule has 5 heteroatoms.